The maximum atomic E-state index is 13.1. The van der Waals surface area contributed by atoms with Crippen LogP contribution in [0.4, 0.5) is 4.39 Å². The molecule has 174 valence electrons. The van der Waals surface area contributed by atoms with Crippen molar-refractivity contribution in [1.29, 1.82) is 0 Å². The zero-order valence-corrected chi connectivity index (χ0v) is 19.1. The van der Waals surface area contributed by atoms with Gasteiger partial charge in [-0.15, -0.1) is 0 Å². The number of nitrogens with zero attached hydrogens (tertiary/aromatic N) is 2. The highest BCUT2D eigenvalue weighted by Gasteiger charge is 2.16. The molecular formula is C23H24FN3O5S. The largest absolute Gasteiger partial charge is 0.383 e. The summed E-state index contributed by atoms with van der Waals surface area (Å²) >= 11 is 1.10. The fourth-order valence-corrected chi connectivity index (χ4v) is 3.97. The fraction of sp³-hybridized carbons (Fsp3) is 0.304. The molecule has 3 aromatic rings. The Labute approximate surface area is 194 Å². The van der Waals surface area contributed by atoms with Gasteiger partial charge in [-0.2, -0.15) is 0 Å². The van der Waals surface area contributed by atoms with Crippen molar-refractivity contribution in [2.45, 2.75) is 11.7 Å². The van der Waals surface area contributed by atoms with Crippen LogP contribution in [0.5, 0.6) is 0 Å². The first-order valence-electron chi connectivity index (χ1n) is 10.2. The standard InChI is InChI=1S/C23H24FN3O5S/c1-31-11-9-25-21(29)16-5-8-18-19(13-16)26-23(27(22(18)30)10-12-32-2)33-14-20(28)15-3-6-17(24)7-4-15/h3-8,13H,9-12,14H2,1-2H3,(H,25,29). The van der Waals surface area contributed by atoms with Gasteiger partial charge < -0.3 is 14.8 Å². The van der Waals surface area contributed by atoms with Crippen LogP contribution >= 0.6 is 11.8 Å². The molecule has 0 spiro atoms. The number of carbonyl (C=O) groups is 2. The maximum absolute atomic E-state index is 13.1. The zero-order valence-electron chi connectivity index (χ0n) is 18.3. The summed E-state index contributed by atoms with van der Waals surface area (Å²) in [6, 6.07) is 9.96. The number of benzene rings is 2. The lowest BCUT2D eigenvalue weighted by Gasteiger charge is -2.13. The number of carbonyl (C=O) groups excluding carboxylic acids is 2. The second kappa shape index (κ2) is 11.7. The number of amides is 1. The van der Waals surface area contributed by atoms with Gasteiger partial charge in [0, 0.05) is 31.9 Å². The third kappa shape index (κ3) is 6.25. The van der Waals surface area contributed by atoms with Gasteiger partial charge in [0.15, 0.2) is 10.9 Å². The number of halogens is 1. The third-order valence-corrected chi connectivity index (χ3v) is 5.77. The number of fused-ring (bicyclic) bond motifs is 1. The topological polar surface area (TPSA) is 99.5 Å². The molecule has 1 amide bonds. The lowest BCUT2D eigenvalue weighted by Crippen LogP contribution is -2.28. The molecule has 0 aliphatic rings. The smallest absolute Gasteiger partial charge is 0.262 e. The SMILES string of the molecule is COCCNC(=O)c1ccc2c(=O)n(CCOC)c(SCC(=O)c3ccc(F)cc3)nc2c1. The summed E-state index contributed by atoms with van der Waals surface area (Å²) in [6.45, 7) is 1.27. The van der Waals surface area contributed by atoms with Crippen LogP contribution in [0.25, 0.3) is 10.9 Å². The Kier molecular flexibility index (Phi) is 8.70. The molecule has 2 aromatic carbocycles. The van der Waals surface area contributed by atoms with Crippen LogP contribution < -0.4 is 10.9 Å². The number of methoxy groups -OCH3 is 2. The minimum atomic E-state index is -0.425. The van der Waals surface area contributed by atoms with Crippen LogP contribution in [0.1, 0.15) is 20.7 Å². The quantitative estimate of drug-likeness (QED) is 0.198. The van der Waals surface area contributed by atoms with Crippen molar-refractivity contribution in [3.05, 3.63) is 69.8 Å². The highest BCUT2D eigenvalue weighted by Crippen LogP contribution is 2.20. The number of hydrogen-bond donors (Lipinski definition) is 1. The molecule has 33 heavy (non-hydrogen) atoms. The molecule has 0 saturated heterocycles. The van der Waals surface area contributed by atoms with E-state index in [9.17, 15) is 18.8 Å². The molecule has 0 atom stereocenters. The average molecular weight is 474 g/mol. The van der Waals surface area contributed by atoms with E-state index in [1.807, 2.05) is 0 Å². The first-order chi connectivity index (χ1) is 15.9. The Hall–Kier alpha value is -3.08. The Balaban J connectivity index is 1.91. The minimum Gasteiger partial charge on any atom is -0.383 e. The van der Waals surface area contributed by atoms with Crippen molar-refractivity contribution in [2.24, 2.45) is 0 Å². The molecule has 3 rings (SSSR count). The van der Waals surface area contributed by atoms with E-state index in [0.717, 1.165) is 11.8 Å². The highest BCUT2D eigenvalue weighted by atomic mass is 32.2. The number of nitrogens with one attached hydrogen (secondary N) is 1. The van der Waals surface area contributed by atoms with E-state index in [2.05, 4.69) is 10.3 Å². The van der Waals surface area contributed by atoms with Crippen LogP contribution in [0.15, 0.2) is 52.4 Å². The predicted octanol–water partition coefficient (Wildman–Crippen LogP) is 2.53. The van der Waals surface area contributed by atoms with Crippen LogP contribution in [0, 0.1) is 5.82 Å². The van der Waals surface area contributed by atoms with Crippen molar-refractivity contribution in [3.8, 4) is 0 Å². The summed E-state index contributed by atoms with van der Waals surface area (Å²) in [5.41, 5.74) is 0.786. The number of ketones is 1. The first kappa shape index (κ1) is 24.6. The molecule has 0 aliphatic heterocycles. The zero-order chi connectivity index (χ0) is 23.8. The molecule has 10 heteroatoms. The normalized spacial score (nSPS) is 11.0. The van der Waals surface area contributed by atoms with E-state index in [4.69, 9.17) is 9.47 Å². The summed E-state index contributed by atoms with van der Waals surface area (Å²) in [5, 5.41) is 3.41. The lowest BCUT2D eigenvalue weighted by molar-refractivity contribution is 0.0936. The highest BCUT2D eigenvalue weighted by molar-refractivity contribution is 7.99. The van der Waals surface area contributed by atoms with Crippen LogP contribution in [0.2, 0.25) is 0 Å². The van der Waals surface area contributed by atoms with Gasteiger partial charge in [-0.25, -0.2) is 9.37 Å². The average Bonchev–Trinajstić information content (AvgIpc) is 2.82. The predicted molar refractivity (Wildman–Crippen MR) is 124 cm³/mol. The third-order valence-electron chi connectivity index (χ3n) is 4.79. The van der Waals surface area contributed by atoms with E-state index in [-0.39, 0.29) is 36.2 Å². The van der Waals surface area contributed by atoms with Gasteiger partial charge in [0.25, 0.3) is 11.5 Å². The van der Waals surface area contributed by atoms with Gasteiger partial charge in [0.05, 0.1) is 36.4 Å². The summed E-state index contributed by atoms with van der Waals surface area (Å²) in [6.07, 6.45) is 0. The lowest BCUT2D eigenvalue weighted by atomic mass is 10.1. The summed E-state index contributed by atoms with van der Waals surface area (Å²) in [7, 11) is 3.07. The summed E-state index contributed by atoms with van der Waals surface area (Å²) < 4.78 is 24.6. The van der Waals surface area contributed by atoms with Gasteiger partial charge in [-0.05, 0) is 42.5 Å². The number of rotatable bonds is 11. The van der Waals surface area contributed by atoms with E-state index >= 15 is 0 Å². The Morgan fingerprint density at radius 2 is 1.76 bits per heavy atom. The molecule has 0 fully saturated rings. The molecule has 1 heterocycles. The van der Waals surface area contributed by atoms with Gasteiger partial charge >= 0.3 is 0 Å². The molecule has 0 unspecified atom stereocenters. The first-order valence-corrected chi connectivity index (χ1v) is 11.2. The van der Waals surface area contributed by atoms with Crippen LogP contribution in [0.3, 0.4) is 0 Å². The van der Waals surface area contributed by atoms with Crippen molar-refractivity contribution in [1.82, 2.24) is 14.9 Å². The Bertz CT molecular complexity index is 1200. The van der Waals surface area contributed by atoms with Crippen molar-refractivity contribution < 1.29 is 23.5 Å². The van der Waals surface area contributed by atoms with E-state index in [1.54, 1.807) is 25.3 Å². The molecule has 0 aliphatic carbocycles. The molecule has 1 aromatic heterocycles. The van der Waals surface area contributed by atoms with Gasteiger partial charge in [0.1, 0.15) is 5.82 Å². The summed E-state index contributed by atoms with van der Waals surface area (Å²) in [4.78, 5) is 42.6. The number of ether oxygens (including phenoxy) is 2. The molecule has 0 saturated carbocycles. The number of Topliss-reactive ketones (excluding diaryl/α,β-unsaturated/α-hetero) is 1. The van der Waals surface area contributed by atoms with E-state index < -0.39 is 5.82 Å². The van der Waals surface area contributed by atoms with E-state index in [0.29, 0.717) is 40.3 Å². The van der Waals surface area contributed by atoms with Crippen LogP contribution in [-0.2, 0) is 16.0 Å². The second-order valence-electron chi connectivity index (χ2n) is 7.04. The van der Waals surface area contributed by atoms with Crippen molar-refractivity contribution in [2.75, 3.05) is 39.7 Å². The fourth-order valence-electron chi connectivity index (χ4n) is 3.05. The molecule has 1 N–H and O–H groups in total. The molecular weight excluding hydrogens is 449 g/mol. The minimum absolute atomic E-state index is 0.00769. The molecule has 0 radical (unpaired) electrons. The van der Waals surface area contributed by atoms with Gasteiger partial charge in [-0.1, -0.05) is 11.8 Å². The van der Waals surface area contributed by atoms with Gasteiger partial charge in [0.2, 0.25) is 0 Å². The Morgan fingerprint density at radius 1 is 1.06 bits per heavy atom. The monoisotopic (exact) mass is 473 g/mol. The maximum Gasteiger partial charge on any atom is 0.262 e. The Morgan fingerprint density at radius 3 is 2.45 bits per heavy atom. The summed E-state index contributed by atoms with van der Waals surface area (Å²) in [5.74, 6) is -0.946. The molecule has 0 bridgehead atoms. The number of hydrogen-bond acceptors (Lipinski definition) is 7. The van der Waals surface area contributed by atoms with Crippen LogP contribution in [-0.4, -0.2) is 61.0 Å². The van der Waals surface area contributed by atoms with Crippen molar-refractivity contribution >= 4 is 34.4 Å². The van der Waals surface area contributed by atoms with Crippen molar-refractivity contribution in [3.63, 3.8) is 0 Å². The second-order valence-corrected chi connectivity index (χ2v) is 7.99. The molecule has 8 nitrogen and oxygen atoms in total. The number of aromatic nitrogens is 2. The van der Waals surface area contributed by atoms with Gasteiger partial charge in [-0.3, -0.25) is 19.0 Å². The number of thioether (sulfide) groups is 1. The van der Waals surface area contributed by atoms with E-state index in [1.165, 1.54) is 35.9 Å².